The van der Waals surface area contributed by atoms with Gasteiger partial charge in [0, 0.05) is 51.5 Å². The fourth-order valence-electron chi connectivity index (χ4n) is 6.37. The van der Waals surface area contributed by atoms with E-state index in [1.807, 2.05) is 91.0 Å². The van der Waals surface area contributed by atoms with E-state index in [0.717, 1.165) is 37.8 Å². The van der Waals surface area contributed by atoms with Gasteiger partial charge in [-0.2, -0.15) is 0 Å². The number of nitrogens with one attached hydrogen (secondary N) is 1. The van der Waals surface area contributed by atoms with Crippen LogP contribution in [-0.2, 0) is 23.7 Å². The minimum atomic E-state index is -1.06. The topological polar surface area (TPSA) is 97.6 Å². The zero-order valence-corrected chi connectivity index (χ0v) is 29.1. The van der Waals surface area contributed by atoms with Gasteiger partial charge in [0.1, 0.15) is 12.4 Å². The Morgan fingerprint density at radius 2 is 1.44 bits per heavy atom. The van der Waals surface area contributed by atoms with Crippen LogP contribution in [0.25, 0.3) is 21.7 Å². The predicted octanol–water partition coefficient (Wildman–Crippen LogP) is 10.0. The molecule has 0 fully saturated rings. The first-order valence-electron chi connectivity index (χ1n) is 17.1. The predicted molar refractivity (Wildman–Crippen MR) is 207 cm³/mol. The Kier molecular flexibility index (Phi) is 10.5. The van der Waals surface area contributed by atoms with Crippen molar-refractivity contribution in [1.29, 1.82) is 0 Å². The van der Waals surface area contributed by atoms with E-state index in [9.17, 15) is 19.5 Å². The number of amides is 1. The zero-order valence-electron chi connectivity index (χ0n) is 28.3. The minimum Gasteiger partial charge on any atom is -0.489 e. The SMILES string of the molecule is O=C(CCCn1c(CSc2ccc3ccccc3c2)c(C(=O)c2ccccc2)c2cc(OCc3ccccc3)ccc21)Nc1cccc(C(=O)O)c1. The number of carbonyl (C=O) groups excluding carboxylic acids is 2. The number of rotatable bonds is 14. The third-order valence-electron chi connectivity index (χ3n) is 8.93. The second kappa shape index (κ2) is 15.8. The van der Waals surface area contributed by atoms with Crippen molar-refractivity contribution in [3.05, 3.63) is 174 Å². The summed E-state index contributed by atoms with van der Waals surface area (Å²) < 4.78 is 8.40. The number of hydrogen-bond donors (Lipinski definition) is 2. The number of ketones is 1. The molecule has 6 aromatic carbocycles. The smallest absolute Gasteiger partial charge is 0.335 e. The van der Waals surface area contributed by atoms with Crippen molar-refractivity contribution in [1.82, 2.24) is 4.57 Å². The van der Waals surface area contributed by atoms with Crippen molar-refractivity contribution in [2.45, 2.75) is 36.6 Å². The van der Waals surface area contributed by atoms with Gasteiger partial charge in [-0.25, -0.2) is 4.79 Å². The largest absolute Gasteiger partial charge is 0.489 e. The van der Waals surface area contributed by atoms with Gasteiger partial charge in [0.15, 0.2) is 5.78 Å². The summed E-state index contributed by atoms with van der Waals surface area (Å²) in [6.07, 6.45) is 0.696. The molecule has 7 nitrogen and oxygen atoms in total. The maximum atomic E-state index is 14.5. The zero-order chi connectivity index (χ0) is 35.9. The summed E-state index contributed by atoms with van der Waals surface area (Å²) in [6.45, 7) is 0.878. The normalized spacial score (nSPS) is 11.1. The number of hydrogen-bond acceptors (Lipinski definition) is 5. The van der Waals surface area contributed by atoms with E-state index in [1.165, 1.54) is 12.1 Å². The summed E-state index contributed by atoms with van der Waals surface area (Å²) in [5.74, 6) is -0.167. The number of thioether (sulfide) groups is 1. The van der Waals surface area contributed by atoms with Crippen molar-refractivity contribution >= 4 is 56.8 Å². The summed E-state index contributed by atoms with van der Waals surface area (Å²) in [5.41, 5.74) is 4.55. The highest BCUT2D eigenvalue weighted by atomic mass is 32.2. The molecule has 0 radical (unpaired) electrons. The minimum absolute atomic E-state index is 0.0743. The van der Waals surface area contributed by atoms with Gasteiger partial charge in [0.05, 0.1) is 11.1 Å². The lowest BCUT2D eigenvalue weighted by molar-refractivity contribution is -0.116. The van der Waals surface area contributed by atoms with Crippen LogP contribution in [-0.4, -0.2) is 27.3 Å². The number of nitrogens with zero attached hydrogens (tertiary/aromatic N) is 1. The number of carboxylic acids is 1. The number of aromatic nitrogens is 1. The van der Waals surface area contributed by atoms with Gasteiger partial charge in [-0.15, -0.1) is 11.8 Å². The van der Waals surface area contributed by atoms with Crippen molar-refractivity contribution in [3.8, 4) is 5.75 Å². The molecule has 0 saturated heterocycles. The average Bonchev–Trinajstić information content (AvgIpc) is 3.48. The van der Waals surface area contributed by atoms with Crippen LogP contribution in [0, 0.1) is 0 Å². The van der Waals surface area contributed by atoms with Gasteiger partial charge in [-0.05, 0) is 71.3 Å². The molecule has 0 saturated carbocycles. The number of fused-ring (bicyclic) bond motifs is 2. The molecule has 0 spiro atoms. The second-order valence-corrected chi connectivity index (χ2v) is 13.5. The monoisotopic (exact) mass is 704 g/mol. The van der Waals surface area contributed by atoms with Crippen molar-refractivity contribution in [3.63, 3.8) is 0 Å². The van der Waals surface area contributed by atoms with Crippen molar-refractivity contribution < 1.29 is 24.2 Å². The van der Waals surface area contributed by atoms with E-state index in [1.54, 1.807) is 23.9 Å². The fraction of sp³-hybridized carbons (Fsp3) is 0.114. The van der Waals surface area contributed by atoms with Crippen LogP contribution in [0.15, 0.2) is 150 Å². The van der Waals surface area contributed by atoms with Crippen molar-refractivity contribution in [2.24, 2.45) is 0 Å². The van der Waals surface area contributed by atoms with Crippen LogP contribution in [0.4, 0.5) is 5.69 Å². The van der Waals surface area contributed by atoms with Gasteiger partial charge < -0.3 is 19.7 Å². The molecule has 1 heterocycles. The Morgan fingerprint density at radius 1 is 0.712 bits per heavy atom. The maximum Gasteiger partial charge on any atom is 0.335 e. The molecule has 0 atom stereocenters. The molecule has 52 heavy (non-hydrogen) atoms. The Hall–Kier alpha value is -6.12. The molecule has 8 heteroatoms. The number of benzene rings is 6. The maximum absolute atomic E-state index is 14.5. The molecule has 7 rings (SSSR count). The quantitative estimate of drug-likeness (QED) is 0.0864. The van der Waals surface area contributed by atoms with E-state index >= 15 is 0 Å². The van der Waals surface area contributed by atoms with Gasteiger partial charge >= 0.3 is 5.97 Å². The Balaban J connectivity index is 1.23. The summed E-state index contributed by atoms with van der Waals surface area (Å²) >= 11 is 1.67. The van der Waals surface area contributed by atoms with Gasteiger partial charge in [-0.1, -0.05) is 97.1 Å². The molecule has 0 unspecified atom stereocenters. The molecule has 0 aliphatic rings. The van der Waals surface area contributed by atoms with Crippen LogP contribution in [0.1, 0.15) is 50.4 Å². The van der Waals surface area contributed by atoms with Gasteiger partial charge in [0.2, 0.25) is 5.91 Å². The van der Waals surface area contributed by atoms with Crippen LogP contribution >= 0.6 is 11.8 Å². The Labute approximate surface area is 305 Å². The van der Waals surface area contributed by atoms with Crippen molar-refractivity contribution in [2.75, 3.05) is 5.32 Å². The molecule has 2 N–H and O–H groups in total. The number of aromatic carboxylic acids is 1. The van der Waals surface area contributed by atoms with E-state index in [-0.39, 0.29) is 23.7 Å². The average molecular weight is 705 g/mol. The van der Waals surface area contributed by atoms with E-state index in [4.69, 9.17) is 4.74 Å². The number of carbonyl (C=O) groups is 3. The number of carboxylic acid groups (broad SMARTS) is 1. The molecule has 0 aliphatic heterocycles. The summed E-state index contributed by atoms with van der Waals surface area (Å²) in [6, 6.07) is 46.0. The van der Waals surface area contributed by atoms with Crippen LogP contribution in [0.3, 0.4) is 0 Å². The van der Waals surface area contributed by atoms with Gasteiger partial charge in [0.25, 0.3) is 0 Å². The molecule has 0 bridgehead atoms. The first-order valence-corrected chi connectivity index (χ1v) is 18.1. The van der Waals surface area contributed by atoms with Crippen LogP contribution in [0.5, 0.6) is 5.75 Å². The fourth-order valence-corrected chi connectivity index (χ4v) is 7.35. The Bertz CT molecular complexity index is 2390. The van der Waals surface area contributed by atoms with E-state index < -0.39 is 5.97 Å². The van der Waals surface area contributed by atoms with Gasteiger partial charge in [-0.3, -0.25) is 9.59 Å². The number of anilines is 1. The molecule has 258 valence electrons. The molecular formula is C44H36N2O5S. The molecule has 1 aromatic heterocycles. The molecule has 7 aromatic rings. The number of ether oxygens (including phenoxy) is 1. The first-order chi connectivity index (χ1) is 25.4. The summed E-state index contributed by atoms with van der Waals surface area (Å²) in [7, 11) is 0. The second-order valence-electron chi connectivity index (χ2n) is 12.5. The number of aryl methyl sites for hydroxylation is 1. The van der Waals surface area contributed by atoms with Crippen LogP contribution in [0.2, 0.25) is 0 Å². The van der Waals surface area contributed by atoms with E-state index in [0.29, 0.717) is 47.9 Å². The third kappa shape index (κ3) is 7.93. The van der Waals surface area contributed by atoms with E-state index in [2.05, 4.69) is 40.2 Å². The van der Waals surface area contributed by atoms with Crippen LogP contribution < -0.4 is 10.1 Å². The molecule has 0 aliphatic carbocycles. The lowest BCUT2D eigenvalue weighted by Crippen LogP contribution is -2.14. The highest BCUT2D eigenvalue weighted by molar-refractivity contribution is 7.98. The molecule has 1 amide bonds. The Morgan fingerprint density at radius 3 is 2.23 bits per heavy atom. The first kappa shape index (κ1) is 34.3. The highest BCUT2D eigenvalue weighted by Gasteiger charge is 2.24. The lowest BCUT2D eigenvalue weighted by atomic mass is 10.0. The lowest BCUT2D eigenvalue weighted by Gasteiger charge is -2.13. The highest BCUT2D eigenvalue weighted by Crippen LogP contribution is 2.36. The summed E-state index contributed by atoms with van der Waals surface area (Å²) in [4.78, 5) is 40.0. The molecular weight excluding hydrogens is 669 g/mol. The standard InChI is InChI=1S/C44H36N2O5S/c47-41(45-35-18-9-17-34(25-35)44(49)50)19-10-24-46-39-23-21-36(51-28-30-11-3-1-4-12-30)27-38(39)42(43(48)32-14-5-2-6-15-32)40(46)29-52-37-22-20-31-13-7-8-16-33(31)26-37/h1-9,11-18,20-23,25-27H,10,19,24,28-29H2,(H,45,47)(H,49,50). The summed E-state index contributed by atoms with van der Waals surface area (Å²) in [5, 5.41) is 15.3. The third-order valence-corrected chi connectivity index (χ3v) is 9.93.